The summed E-state index contributed by atoms with van der Waals surface area (Å²) < 4.78 is 4.83. The predicted octanol–water partition coefficient (Wildman–Crippen LogP) is 1.04. The third-order valence-electron chi connectivity index (χ3n) is 0.408. The molecule has 0 amide bonds. The van der Waals surface area contributed by atoms with Gasteiger partial charge < -0.3 is 4.74 Å². The van der Waals surface area contributed by atoms with Gasteiger partial charge in [-0.05, 0) is 13.8 Å². The van der Waals surface area contributed by atoms with Gasteiger partial charge in [0.05, 0.1) is 0 Å². The van der Waals surface area contributed by atoms with Crippen LogP contribution in [-0.2, 0) is 27.1 Å². The minimum absolute atomic E-state index is 0. The van der Waals surface area contributed by atoms with Crippen molar-refractivity contribution in [2.45, 2.75) is 13.8 Å². The molecule has 6 heavy (non-hydrogen) atoms. The second-order valence-corrected chi connectivity index (χ2v) is 0.781. The molecule has 0 aliphatic carbocycles. The maximum absolute atomic E-state index is 4.83. The molecule has 0 fully saturated rings. The third kappa shape index (κ3) is 8.83. The Kier molecular flexibility index (Phi) is 15.1. The number of hydrogen-bond donors (Lipinski definition) is 0. The summed E-state index contributed by atoms with van der Waals surface area (Å²) in [5, 5.41) is 0. The second kappa shape index (κ2) is 9.20. The monoisotopic (exact) mass is 181 g/mol. The summed E-state index contributed by atoms with van der Waals surface area (Å²) in [6.45, 7) is 5.67. The maximum Gasteiger partial charge on any atom is 0.0437 e. The fourth-order valence-electron chi connectivity index (χ4n) is 0.204. The van der Waals surface area contributed by atoms with E-state index < -0.39 is 0 Å². The second-order valence-electron chi connectivity index (χ2n) is 0.781. The van der Waals surface area contributed by atoms with Crippen LogP contribution in [-0.4, -0.2) is 13.2 Å². The Morgan fingerprint density at radius 2 is 1.50 bits per heavy atom. The zero-order valence-electron chi connectivity index (χ0n) is 4.12. The van der Waals surface area contributed by atoms with Crippen LogP contribution in [0, 0.1) is 0 Å². The first-order chi connectivity index (χ1) is 2.41. The molecule has 0 bridgehead atoms. The van der Waals surface area contributed by atoms with Gasteiger partial charge in [0.25, 0.3) is 0 Å². The van der Waals surface area contributed by atoms with Gasteiger partial charge in [0.15, 0.2) is 0 Å². The summed E-state index contributed by atoms with van der Waals surface area (Å²) >= 11 is 0. The van der Waals surface area contributed by atoms with Crippen LogP contribution >= 0.6 is 0 Å². The Morgan fingerprint density at radius 1 is 1.17 bits per heavy atom. The van der Waals surface area contributed by atoms with E-state index in [4.69, 9.17) is 4.74 Å². The van der Waals surface area contributed by atoms with E-state index in [1.807, 2.05) is 13.8 Å². The molecular weight excluding hydrogens is 172 g/mol. The predicted molar refractivity (Wildman–Crippen MR) is 22.2 cm³/mol. The topological polar surface area (TPSA) is 9.23 Å². The molecule has 0 spiro atoms. The van der Waals surface area contributed by atoms with Crippen LogP contribution in [0.25, 0.3) is 0 Å². The fraction of sp³-hybridized carbons (Fsp3) is 1.00. The molecule has 0 unspecified atom stereocenters. The molecule has 43 valence electrons. The normalized spacial score (nSPS) is 7.00. The van der Waals surface area contributed by atoms with E-state index in [2.05, 4.69) is 0 Å². The largest absolute Gasteiger partial charge is 0.382 e. The molecular formula is C4H10AgO. The number of ether oxygens (including phenoxy) is 1. The fourth-order valence-corrected chi connectivity index (χ4v) is 0.204. The van der Waals surface area contributed by atoms with E-state index in [9.17, 15) is 0 Å². The standard InChI is InChI=1S/C4H10O.Ag/c1-3-5-4-2;/h3-4H2,1-2H3;. The molecule has 0 atom stereocenters. The van der Waals surface area contributed by atoms with E-state index in [1.54, 1.807) is 0 Å². The molecule has 0 rings (SSSR count). The molecule has 1 radical (unpaired) electrons. The van der Waals surface area contributed by atoms with Gasteiger partial charge in [-0.3, -0.25) is 0 Å². The van der Waals surface area contributed by atoms with Crippen molar-refractivity contribution in [2.75, 3.05) is 13.2 Å². The van der Waals surface area contributed by atoms with Crippen molar-refractivity contribution in [1.82, 2.24) is 0 Å². The Morgan fingerprint density at radius 3 is 1.50 bits per heavy atom. The first-order valence-corrected chi connectivity index (χ1v) is 1.99. The zero-order valence-corrected chi connectivity index (χ0v) is 5.61. The first kappa shape index (κ1) is 9.85. The minimum atomic E-state index is 0. The van der Waals surface area contributed by atoms with Crippen LogP contribution in [0.15, 0.2) is 0 Å². The van der Waals surface area contributed by atoms with Crippen LogP contribution in [0.2, 0.25) is 0 Å². The Hall–Kier alpha value is 0.700. The van der Waals surface area contributed by atoms with Crippen molar-refractivity contribution in [3.8, 4) is 0 Å². The van der Waals surface area contributed by atoms with E-state index in [1.165, 1.54) is 0 Å². The summed E-state index contributed by atoms with van der Waals surface area (Å²) in [6.07, 6.45) is 0. The summed E-state index contributed by atoms with van der Waals surface area (Å²) in [5.74, 6) is 0. The van der Waals surface area contributed by atoms with E-state index in [0.717, 1.165) is 13.2 Å². The molecule has 0 aliphatic rings. The molecule has 0 saturated heterocycles. The average Bonchev–Trinajstić information content (AvgIpc) is 1.41. The van der Waals surface area contributed by atoms with E-state index >= 15 is 0 Å². The molecule has 0 saturated carbocycles. The van der Waals surface area contributed by atoms with Crippen molar-refractivity contribution in [1.29, 1.82) is 0 Å². The van der Waals surface area contributed by atoms with Crippen molar-refractivity contribution in [3.05, 3.63) is 0 Å². The molecule has 1 nitrogen and oxygen atoms in total. The van der Waals surface area contributed by atoms with Gasteiger partial charge in [-0.1, -0.05) is 0 Å². The van der Waals surface area contributed by atoms with Crippen LogP contribution in [0.1, 0.15) is 13.8 Å². The van der Waals surface area contributed by atoms with Gasteiger partial charge in [-0.25, -0.2) is 0 Å². The summed E-state index contributed by atoms with van der Waals surface area (Å²) in [6, 6.07) is 0. The molecule has 0 aromatic rings. The SMILES string of the molecule is CCOCC.[Ag]. The zero-order chi connectivity index (χ0) is 4.12. The number of rotatable bonds is 2. The quantitative estimate of drug-likeness (QED) is 0.579. The molecule has 0 heterocycles. The van der Waals surface area contributed by atoms with Crippen LogP contribution in [0.3, 0.4) is 0 Å². The first-order valence-electron chi connectivity index (χ1n) is 1.99. The van der Waals surface area contributed by atoms with Crippen molar-refractivity contribution >= 4 is 0 Å². The van der Waals surface area contributed by atoms with Gasteiger partial charge in [0, 0.05) is 35.6 Å². The molecule has 0 aliphatic heterocycles. The Balaban J connectivity index is 0. The van der Waals surface area contributed by atoms with Crippen LogP contribution in [0.4, 0.5) is 0 Å². The Labute approximate surface area is 54.6 Å². The van der Waals surface area contributed by atoms with Crippen molar-refractivity contribution in [3.63, 3.8) is 0 Å². The van der Waals surface area contributed by atoms with Crippen LogP contribution in [0.5, 0.6) is 0 Å². The smallest absolute Gasteiger partial charge is 0.0437 e. The summed E-state index contributed by atoms with van der Waals surface area (Å²) in [4.78, 5) is 0. The van der Waals surface area contributed by atoms with Crippen LogP contribution < -0.4 is 0 Å². The van der Waals surface area contributed by atoms with Gasteiger partial charge >= 0.3 is 0 Å². The summed E-state index contributed by atoms with van der Waals surface area (Å²) in [7, 11) is 0. The van der Waals surface area contributed by atoms with Gasteiger partial charge in [-0.15, -0.1) is 0 Å². The van der Waals surface area contributed by atoms with E-state index in [-0.39, 0.29) is 22.4 Å². The van der Waals surface area contributed by atoms with Crippen molar-refractivity contribution < 1.29 is 27.1 Å². The third-order valence-corrected chi connectivity index (χ3v) is 0.408. The molecule has 2 heteroatoms. The van der Waals surface area contributed by atoms with Gasteiger partial charge in [-0.2, -0.15) is 0 Å². The maximum atomic E-state index is 4.83. The Bertz CT molecular complexity index is 15.0. The van der Waals surface area contributed by atoms with Gasteiger partial charge in [0.1, 0.15) is 0 Å². The summed E-state index contributed by atoms with van der Waals surface area (Å²) in [5.41, 5.74) is 0. The minimum Gasteiger partial charge on any atom is -0.382 e. The molecule has 0 N–H and O–H groups in total. The molecule has 0 aromatic heterocycles. The molecule has 0 aromatic carbocycles. The average molecular weight is 182 g/mol. The number of hydrogen-bond acceptors (Lipinski definition) is 1. The van der Waals surface area contributed by atoms with Crippen molar-refractivity contribution in [2.24, 2.45) is 0 Å². The van der Waals surface area contributed by atoms with E-state index in [0.29, 0.717) is 0 Å². The van der Waals surface area contributed by atoms with Gasteiger partial charge in [0.2, 0.25) is 0 Å².